The average molecular weight is 268 g/mol. The first-order valence-corrected chi connectivity index (χ1v) is 6.28. The van der Waals surface area contributed by atoms with Crippen LogP contribution in [0.4, 0.5) is 4.39 Å². The topological polar surface area (TPSA) is 76.7 Å². The fourth-order valence-electron chi connectivity index (χ4n) is 1.56. The molecular weight excluding hydrogens is 255 g/mol. The summed E-state index contributed by atoms with van der Waals surface area (Å²) in [4.78, 5) is 12.1. The molecule has 7 heteroatoms. The van der Waals surface area contributed by atoms with Crippen molar-refractivity contribution in [2.75, 3.05) is 0 Å². The zero-order valence-corrected chi connectivity index (χ0v) is 10.6. The SMILES string of the molecule is CCn1c(Sc2cc(F)cc(CN)c2)n[nH]c1=O. The van der Waals surface area contributed by atoms with Crippen molar-refractivity contribution in [2.45, 2.75) is 30.1 Å². The lowest BCUT2D eigenvalue weighted by molar-refractivity contribution is 0.621. The third kappa shape index (κ3) is 2.62. The first-order chi connectivity index (χ1) is 8.63. The van der Waals surface area contributed by atoms with Gasteiger partial charge in [-0.2, -0.15) is 0 Å². The first-order valence-electron chi connectivity index (χ1n) is 5.46. The second-order valence-corrected chi connectivity index (χ2v) is 4.70. The minimum absolute atomic E-state index is 0.268. The Balaban J connectivity index is 2.33. The standard InChI is InChI=1S/C11H13FN4OS/c1-2-16-10(17)14-15-11(16)18-9-4-7(6-13)3-8(12)5-9/h3-5H,2,6,13H2,1H3,(H,14,17). The van der Waals surface area contributed by atoms with Crippen LogP contribution in [0.5, 0.6) is 0 Å². The molecule has 0 saturated heterocycles. The van der Waals surface area contributed by atoms with E-state index in [1.165, 1.54) is 28.5 Å². The zero-order valence-electron chi connectivity index (χ0n) is 9.81. The molecule has 0 aliphatic rings. The van der Waals surface area contributed by atoms with Crippen molar-refractivity contribution in [2.24, 2.45) is 5.73 Å². The van der Waals surface area contributed by atoms with Crippen LogP contribution in [0.3, 0.4) is 0 Å². The summed E-state index contributed by atoms with van der Waals surface area (Å²) < 4.78 is 14.8. The van der Waals surface area contributed by atoms with E-state index < -0.39 is 0 Å². The normalized spacial score (nSPS) is 10.8. The minimum Gasteiger partial charge on any atom is -0.326 e. The van der Waals surface area contributed by atoms with Crippen molar-refractivity contribution >= 4 is 11.8 Å². The molecule has 1 aromatic heterocycles. The molecule has 0 atom stereocenters. The Morgan fingerprint density at radius 1 is 1.50 bits per heavy atom. The van der Waals surface area contributed by atoms with E-state index in [9.17, 15) is 9.18 Å². The second kappa shape index (κ2) is 5.36. The second-order valence-electron chi connectivity index (χ2n) is 3.66. The van der Waals surface area contributed by atoms with Crippen molar-refractivity contribution in [3.63, 3.8) is 0 Å². The lowest BCUT2D eigenvalue weighted by atomic mass is 10.2. The number of hydrogen-bond donors (Lipinski definition) is 2. The number of halogens is 1. The summed E-state index contributed by atoms with van der Waals surface area (Å²) in [5, 5.41) is 6.78. The molecule has 0 aliphatic heterocycles. The predicted molar refractivity (Wildman–Crippen MR) is 66.9 cm³/mol. The van der Waals surface area contributed by atoms with Crippen LogP contribution in [-0.4, -0.2) is 14.8 Å². The van der Waals surface area contributed by atoms with Gasteiger partial charge in [0, 0.05) is 18.0 Å². The number of hydrogen-bond acceptors (Lipinski definition) is 4. The number of aromatic nitrogens is 3. The summed E-state index contributed by atoms with van der Waals surface area (Å²) in [5.41, 5.74) is 5.93. The van der Waals surface area contributed by atoms with E-state index in [0.29, 0.717) is 22.2 Å². The van der Waals surface area contributed by atoms with E-state index in [1.54, 1.807) is 6.07 Å². The summed E-state index contributed by atoms with van der Waals surface area (Å²) in [5.74, 6) is -0.346. The van der Waals surface area contributed by atoms with Gasteiger partial charge in [-0.15, -0.1) is 5.10 Å². The lowest BCUT2D eigenvalue weighted by Gasteiger charge is -2.04. The molecule has 18 heavy (non-hydrogen) atoms. The summed E-state index contributed by atoms with van der Waals surface area (Å²) in [6.45, 7) is 2.63. The Morgan fingerprint density at radius 3 is 2.94 bits per heavy atom. The smallest absolute Gasteiger partial charge is 0.326 e. The molecule has 0 aliphatic carbocycles. The third-order valence-electron chi connectivity index (χ3n) is 2.42. The lowest BCUT2D eigenvalue weighted by Crippen LogP contribution is -2.16. The Morgan fingerprint density at radius 2 is 2.28 bits per heavy atom. The predicted octanol–water partition coefficient (Wildman–Crippen LogP) is 1.34. The van der Waals surface area contributed by atoms with Crippen LogP contribution in [0.1, 0.15) is 12.5 Å². The van der Waals surface area contributed by atoms with E-state index in [-0.39, 0.29) is 18.1 Å². The van der Waals surface area contributed by atoms with Crippen molar-refractivity contribution < 1.29 is 4.39 Å². The van der Waals surface area contributed by atoms with Crippen LogP contribution in [-0.2, 0) is 13.1 Å². The van der Waals surface area contributed by atoms with Gasteiger partial charge in [0.1, 0.15) is 5.82 Å². The van der Waals surface area contributed by atoms with Crippen LogP contribution < -0.4 is 11.4 Å². The van der Waals surface area contributed by atoms with Crippen LogP contribution in [0.25, 0.3) is 0 Å². The van der Waals surface area contributed by atoms with Gasteiger partial charge in [0.15, 0.2) is 5.16 Å². The summed E-state index contributed by atoms with van der Waals surface area (Å²) in [6.07, 6.45) is 0. The summed E-state index contributed by atoms with van der Waals surface area (Å²) >= 11 is 1.23. The Labute approximate surface area is 107 Å². The highest BCUT2D eigenvalue weighted by atomic mass is 32.2. The van der Waals surface area contributed by atoms with Gasteiger partial charge < -0.3 is 5.73 Å². The number of nitrogens with zero attached hydrogens (tertiary/aromatic N) is 2. The summed E-state index contributed by atoms with van der Waals surface area (Å²) in [6, 6.07) is 4.57. The molecule has 0 amide bonds. The minimum atomic E-state index is -0.346. The van der Waals surface area contributed by atoms with Gasteiger partial charge in [0.05, 0.1) is 0 Å². The Hall–Kier alpha value is -1.60. The first kappa shape index (κ1) is 12.8. The van der Waals surface area contributed by atoms with Gasteiger partial charge in [0.2, 0.25) is 0 Å². The number of rotatable bonds is 4. The van der Waals surface area contributed by atoms with E-state index >= 15 is 0 Å². The van der Waals surface area contributed by atoms with Crippen LogP contribution in [0.15, 0.2) is 33.0 Å². The maximum absolute atomic E-state index is 13.3. The van der Waals surface area contributed by atoms with Crippen LogP contribution >= 0.6 is 11.8 Å². The molecule has 0 bridgehead atoms. The maximum Gasteiger partial charge on any atom is 0.343 e. The fourth-order valence-corrected chi connectivity index (χ4v) is 2.57. The van der Waals surface area contributed by atoms with Crippen LogP contribution in [0.2, 0.25) is 0 Å². The number of H-pyrrole nitrogens is 1. The van der Waals surface area contributed by atoms with Gasteiger partial charge >= 0.3 is 5.69 Å². The molecule has 96 valence electrons. The molecule has 5 nitrogen and oxygen atoms in total. The molecule has 0 saturated carbocycles. The maximum atomic E-state index is 13.3. The fraction of sp³-hybridized carbons (Fsp3) is 0.273. The highest BCUT2D eigenvalue weighted by molar-refractivity contribution is 7.99. The van der Waals surface area contributed by atoms with Crippen LogP contribution in [0, 0.1) is 5.82 Å². The molecule has 1 heterocycles. The average Bonchev–Trinajstić information content (AvgIpc) is 2.69. The van der Waals surface area contributed by atoms with Gasteiger partial charge in [-0.25, -0.2) is 14.3 Å². The molecule has 0 fully saturated rings. The van der Waals surface area contributed by atoms with E-state index in [0.717, 1.165) is 0 Å². The van der Waals surface area contributed by atoms with Crippen molar-refractivity contribution in [1.82, 2.24) is 14.8 Å². The molecule has 0 spiro atoms. The van der Waals surface area contributed by atoms with Gasteiger partial charge in [-0.3, -0.25) is 4.57 Å². The number of aromatic amines is 1. The zero-order chi connectivity index (χ0) is 13.1. The molecule has 3 N–H and O–H groups in total. The number of benzene rings is 1. The van der Waals surface area contributed by atoms with Crippen molar-refractivity contribution in [3.05, 3.63) is 40.1 Å². The monoisotopic (exact) mass is 268 g/mol. The number of nitrogens with one attached hydrogen (secondary N) is 1. The Bertz CT molecular complexity index is 607. The Kier molecular flexibility index (Phi) is 3.83. The highest BCUT2D eigenvalue weighted by Gasteiger charge is 2.09. The molecule has 1 aromatic carbocycles. The van der Waals surface area contributed by atoms with E-state index in [2.05, 4.69) is 10.2 Å². The van der Waals surface area contributed by atoms with E-state index in [1.807, 2.05) is 6.92 Å². The highest BCUT2D eigenvalue weighted by Crippen LogP contribution is 2.26. The molecule has 2 aromatic rings. The molecule has 0 unspecified atom stereocenters. The van der Waals surface area contributed by atoms with Gasteiger partial charge in [-0.05, 0) is 42.4 Å². The van der Waals surface area contributed by atoms with Gasteiger partial charge in [-0.1, -0.05) is 0 Å². The largest absolute Gasteiger partial charge is 0.343 e. The molecule has 0 radical (unpaired) electrons. The van der Waals surface area contributed by atoms with Gasteiger partial charge in [0.25, 0.3) is 0 Å². The van der Waals surface area contributed by atoms with Crippen molar-refractivity contribution in [1.29, 1.82) is 0 Å². The number of nitrogens with two attached hydrogens (primary N) is 1. The molecular formula is C11H13FN4OS. The third-order valence-corrected chi connectivity index (χ3v) is 3.38. The molecule has 2 rings (SSSR count). The van der Waals surface area contributed by atoms with Crippen molar-refractivity contribution in [3.8, 4) is 0 Å². The van der Waals surface area contributed by atoms with E-state index in [4.69, 9.17) is 5.73 Å². The summed E-state index contributed by atoms with van der Waals surface area (Å²) in [7, 11) is 0. The quantitative estimate of drug-likeness (QED) is 0.877.